The van der Waals surface area contributed by atoms with Gasteiger partial charge in [0, 0.05) is 36.9 Å². The molecule has 11 nitrogen and oxygen atoms in total. The minimum atomic E-state index is -6.05. The van der Waals surface area contributed by atoms with E-state index in [1.807, 2.05) is 6.07 Å². The third-order valence-corrected chi connectivity index (χ3v) is 5.84. The van der Waals surface area contributed by atoms with Gasteiger partial charge in [-0.05, 0) is 39.8 Å². The van der Waals surface area contributed by atoms with E-state index in [0.717, 1.165) is 17.0 Å². The Kier molecular flexibility index (Phi) is 7.68. The number of carbonyl (C=O) groups is 1. The normalized spacial score (nSPS) is 12.1. The van der Waals surface area contributed by atoms with Gasteiger partial charge in [-0.2, -0.15) is 26.9 Å². The molecule has 2 aromatic heterocycles. The summed E-state index contributed by atoms with van der Waals surface area (Å²) in [6, 6.07) is 8.19. The van der Waals surface area contributed by atoms with Crippen molar-refractivity contribution in [2.45, 2.75) is 38.8 Å². The Bertz CT molecular complexity index is 1510. The number of aromatic nitrogens is 4. The number of alkyl halides is 3. The van der Waals surface area contributed by atoms with Crippen LogP contribution in [0.4, 0.5) is 23.8 Å². The lowest BCUT2D eigenvalue weighted by Crippen LogP contribution is -2.37. The van der Waals surface area contributed by atoms with E-state index in [-0.39, 0.29) is 35.0 Å². The number of nitrogens with zero attached hydrogens (tertiary/aromatic N) is 6. The molecule has 0 saturated carbocycles. The summed E-state index contributed by atoms with van der Waals surface area (Å²) in [6.07, 6.45) is 0.524. The van der Waals surface area contributed by atoms with Crippen LogP contribution < -0.4 is 9.08 Å². The second-order valence-corrected chi connectivity index (χ2v) is 10.4. The van der Waals surface area contributed by atoms with Crippen LogP contribution in [-0.2, 0) is 21.9 Å². The number of anilines is 1. The molecule has 15 heteroatoms. The molecule has 0 saturated heterocycles. The zero-order valence-corrected chi connectivity index (χ0v) is 21.8. The topological polar surface area (TPSA) is 140 Å². The number of hydrogen-bond donors (Lipinski definition) is 0. The molecule has 0 atom stereocenters. The predicted molar refractivity (Wildman–Crippen MR) is 129 cm³/mol. The summed E-state index contributed by atoms with van der Waals surface area (Å²) in [7, 11) is -4.42. The summed E-state index contributed by atoms with van der Waals surface area (Å²) >= 11 is 0. The van der Waals surface area contributed by atoms with Crippen LogP contribution in [0.5, 0.6) is 5.75 Å². The fourth-order valence-electron chi connectivity index (χ4n) is 3.24. The predicted octanol–water partition coefficient (Wildman–Crippen LogP) is 4.41. The first-order valence-electron chi connectivity index (χ1n) is 11.0. The number of amides is 1. The lowest BCUT2D eigenvalue weighted by molar-refractivity contribution is -0.0500. The number of benzene rings is 1. The molecule has 0 aliphatic heterocycles. The molecule has 0 N–H and O–H groups in total. The highest BCUT2D eigenvalue weighted by Crippen LogP contribution is 2.36. The van der Waals surface area contributed by atoms with Gasteiger partial charge in [-0.15, -0.1) is 10.2 Å². The molecule has 1 aromatic carbocycles. The molecule has 2 heterocycles. The second kappa shape index (κ2) is 10.3. The van der Waals surface area contributed by atoms with Crippen LogP contribution >= 0.6 is 0 Å². The molecule has 1 amide bonds. The van der Waals surface area contributed by atoms with Crippen LogP contribution in [0.2, 0.25) is 0 Å². The Hall–Kier alpha value is -4.19. The molecule has 0 bridgehead atoms. The van der Waals surface area contributed by atoms with Crippen LogP contribution in [0.25, 0.3) is 22.6 Å². The highest BCUT2D eigenvalue weighted by Gasteiger charge is 2.48. The van der Waals surface area contributed by atoms with Gasteiger partial charge in [0.1, 0.15) is 23.5 Å². The minimum Gasteiger partial charge on any atom is -0.443 e. The van der Waals surface area contributed by atoms with Gasteiger partial charge in [-0.25, -0.2) is 9.78 Å². The summed E-state index contributed by atoms with van der Waals surface area (Å²) in [4.78, 5) is 18.3. The van der Waals surface area contributed by atoms with E-state index in [9.17, 15) is 31.6 Å². The molecule has 202 valence electrons. The SMILES string of the molecule is CCN(C(=O)OC(C)(C)C)c1cc(OS(=O)(=O)C(F)(F)F)cc(-c2ccc(C#N)cc2-c2nncn2C)n1. The van der Waals surface area contributed by atoms with E-state index in [0.29, 0.717) is 5.56 Å². The van der Waals surface area contributed by atoms with E-state index < -0.39 is 33.1 Å². The molecule has 0 fully saturated rings. The van der Waals surface area contributed by atoms with Crippen molar-refractivity contribution in [2.75, 3.05) is 11.4 Å². The number of nitriles is 1. The number of aryl methyl sites for hydroxylation is 1. The zero-order valence-electron chi connectivity index (χ0n) is 20.9. The molecular formula is C23H23F3N6O5S. The quantitative estimate of drug-likeness (QED) is 0.321. The lowest BCUT2D eigenvalue weighted by Gasteiger charge is -2.26. The molecule has 0 radical (unpaired) electrons. The number of halogens is 3. The fraction of sp³-hybridized carbons (Fsp3) is 0.348. The highest BCUT2D eigenvalue weighted by molar-refractivity contribution is 7.88. The van der Waals surface area contributed by atoms with Crippen molar-refractivity contribution in [1.82, 2.24) is 19.7 Å². The van der Waals surface area contributed by atoms with Crippen molar-refractivity contribution in [2.24, 2.45) is 7.05 Å². The van der Waals surface area contributed by atoms with Crippen LogP contribution in [0.15, 0.2) is 36.7 Å². The first-order chi connectivity index (χ1) is 17.6. The molecule has 0 unspecified atom stereocenters. The van der Waals surface area contributed by atoms with Gasteiger partial charge in [-0.1, -0.05) is 6.07 Å². The summed E-state index contributed by atoms with van der Waals surface area (Å²) in [5, 5.41) is 17.2. The van der Waals surface area contributed by atoms with Gasteiger partial charge in [0.15, 0.2) is 5.82 Å². The Morgan fingerprint density at radius 1 is 1.16 bits per heavy atom. The number of carbonyl (C=O) groups excluding carboxylic acids is 1. The molecule has 0 aliphatic rings. The van der Waals surface area contributed by atoms with Gasteiger partial charge >= 0.3 is 21.7 Å². The number of ether oxygens (including phenoxy) is 1. The molecule has 3 aromatic rings. The molecule has 0 aliphatic carbocycles. The Labute approximate surface area is 216 Å². The molecular weight excluding hydrogens is 529 g/mol. The highest BCUT2D eigenvalue weighted by atomic mass is 32.2. The largest absolute Gasteiger partial charge is 0.534 e. The summed E-state index contributed by atoms with van der Waals surface area (Å²) in [5.41, 5.74) is -5.88. The third kappa shape index (κ3) is 6.20. The maximum atomic E-state index is 13.1. The van der Waals surface area contributed by atoms with Crippen molar-refractivity contribution in [3.8, 4) is 34.5 Å². The summed E-state index contributed by atoms with van der Waals surface area (Å²) in [6.45, 7) is 6.41. The fourth-order valence-corrected chi connectivity index (χ4v) is 3.68. The number of rotatable bonds is 6. The van der Waals surface area contributed by atoms with Crippen molar-refractivity contribution in [1.29, 1.82) is 5.26 Å². The Morgan fingerprint density at radius 2 is 1.84 bits per heavy atom. The van der Waals surface area contributed by atoms with Crippen LogP contribution in [0.3, 0.4) is 0 Å². The Balaban J connectivity index is 2.28. The van der Waals surface area contributed by atoms with Crippen LogP contribution in [-0.4, -0.2) is 51.9 Å². The van der Waals surface area contributed by atoms with E-state index >= 15 is 0 Å². The van der Waals surface area contributed by atoms with Crippen LogP contribution in [0.1, 0.15) is 33.3 Å². The number of hydrogen-bond acceptors (Lipinski definition) is 9. The van der Waals surface area contributed by atoms with Crippen molar-refractivity contribution < 1.29 is 35.3 Å². The van der Waals surface area contributed by atoms with Gasteiger partial charge in [0.05, 0.1) is 17.3 Å². The average molecular weight is 553 g/mol. The van der Waals surface area contributed by atoms with E-state index in [1.165, 1.54) is 29.1 Å². The van der Waals surface area contributed by atoms with E-state index in [4.69, 9.17) is 4.74 Å². The van der Waals surface area contributed by atoms with Crippen LogP contribution in [0, 0.1) is 11.3 Å². The smallest absolute Gasteiger partial charge is 0.443 e. The molecule has 38 heavy (non-hydrogen) atoms. The average Bonchev–Trinajstić information content (AvgIpc) is 3.22. The zero-order chi connectivity index (χ0) is 28.5. The maximum absolute atomic E-state index is 13.1. The standard InChI is InChI=1S/C23H23F3N6O5S/c1-6-32(21(33)36-22(2,3)4)19-11-15(37-38(34,35)23(24,25)26)10-18(29-19)16-8-7-14(12-27)9-17(16)20-30-28-13-31(20)5/h7-11,13H,6H2,1-5H3. The number of pyridine rings is 1. The monoisotopic (exact) mass is 552 g/mol. The third-order valence-electron chi connectivity index (χ3n) is 4.86. The summed E-state index contributed by atoms with van der Waals surface area (Å²) in [5.74, 6) is -0.702. The molecule has 0 spiro atoms. The van der Waals surface area contributed by atoms with Gasteiger partial charge in [-0.3, -0.25) is 4.90 Å². The lowest BCUT2D eigenvalue weighted by atomic mass is 10.00. The van der Waals surface area contributed by atoms with E-state index in [2.05, 4.69) is 19.4 Å². The first-order valence-corrected chi connectivity index (χ1v) is 12.4. The Morgan fingerprint density at radius 3 is 2.37 bits per heavy atom. The maximum Gasteiger partial charge on any atom is 0.534 e. The van der Waals surface area contributed by atoms with Crippen molar-refractivity contribution in [3.05, 3.63) is 42.2 Å². The van der Waals surface area contributed by atoms with Gasteiger partial charge in [0.25, 0.3) is 0 Å². The van der Waals surface area contributed by atoms with Crippen molar-refractivity contribution >= 4 is 22.0 Å². The van der Waals surface area contributed by atoms with E-state index in [1.54, 1.807) is 34.7 Å². The van der Waals surface area contributed by atoms with Gasteiger partial charge < -0.3 is 13.5 Å². The van der Waals surface area contributed by atoms with Gasteiger partial charge in [0.2, 0.25) is 0 Å². The second-order valence-electron chi connectivity index (χ2n) is 8.89. The minimum absolute atomic E-state index is 0.0274. The molecule has 3 rings (SSSR count). The summed E-state index contributed by atoms with van der Waals surface area (Å²) < 4.78 is 74.2. The van der Waals surface area contributed by atoms with Crippen molar-refractivity contribution in [3.63, 3.8) is 0 Å². The first kappa shape index (κ1) is 28.4.